The summed E-state index contributed by atoms with van der Waals surface area (Å²) in [6.45, 7) is -0.865. The summed E-state index contributed by atoms with van der Waals surface area (Å²) in [5.41, 5.74) is -1.06. The highest BCUT2D eigenvalue weighted by molar-refractivity contribution is 6.06. The van der Waals surface area contributed by atoms with Gasteiger partial charge in [-0.15, -0.1) is 0 Å². The number of nitrogens with one attached hydrogen (secondary N) is 2. The van der Waals surface area contributed by atoms with Crippen LogP contribution in [0.4, 0.5) is 19.3 Å². The number of esters is 1. The van der Waals surface area contributed by atoms with Crippen LogP contribution >= 0.6 is 0 Å². The van der Waals surface area contributed by atoms with E-state index in [9.17, 15) is 28.0 Å². The number of anilines is 1. The third-order valence-corrected chi connectivity index (χ3v) is 3.73. The molecule has 11 heteroatoms. The van der Waals surface area contributed by atoms with Crippen LogP contribution < -0.4 is 15.4 Å². The molecule has 9 nitrogen and oxygen atoms in total. The summed E-state index contributed by atoms with van der Waals surface area (Å²) in [7, 11) is 0. The fourth-order valence-electron chi connectivity index (χ4n) is 2.40. The summed E-state index contributed by atoms with van der Waals surface area (Å²) in [4.78, 5) is 48.2. The topological polar surface area (TPSA) is 114 Å². The number of benzene rings is 1. The normalized spacial score (nSPS) is 15.4. The Morgan fingerprint density at radius 2 is 1.93 bits per heavy atom. The molecule has 0 radical (unpaired) electrons. The molecule has 0 spiro atoms. The molecule has 1 fully saturated rings. The molecule has 1 saturated heterocycles. The van der Waals surface area contributed by atoms with Gasteiger partial charge in [0.1, 0.15) is 11.3 Å². The molecule has 1 heterocycles. The van der Waals surface area contributed by atoms with E-state index in [0.717, 1.165) is 4.90 Å². The Kier molecular flexibility index (Phi) is 6.49. The van der Waals surface area contributed by atoms with Gasteiger partial charge >= 0.3 is 18.6 Å². The number of alkyl halides is 2. The first kappa shape index (κ1) is 21.1. The van der Waals surface area contributed by atoms with Crippen LogP contribution in [0.5, 0.6) is 5.75 Å². The van der Waals surface area contributed by atoms with Gasteiger partial charge in [0.15, 0.2) is 6.61 Å². The lowest BCUT2D eigenvalue weighted by atomic mass is 10.1. The molecular formula is C17H19F2N3O6. The number of urea groups is 1. The van der Waals surface area contributed by atoms with Gasteiger partial charge in [0.25, 0.3) is 11.8 Å². The van der Waals surface area contributed by atoms with Crippen LogP contribution in [0.2, 0.25) is 0 Å². The number of nitrogens with zero attached hydrogens (tertiary/aromatic N) is 1. The zero-order chi connectivity index (χ0) is 20.9. The lowest BCUT2D eigenvalue weighted by Gasteiger charge is -2.15. The standard InChI is InChI=1S/C17H19F2N3O6/c1-17(2)14(25)22(16(26)21-17)8-7-13(24)27-9-12(23)20-10-5-3-4-6-11(10)28-15(18)19/h3-6,15H,7-9H2,1-2H3,(H,20,23)(H,21,26). The molecule has 1 aromatic carbocycles. The van der Waals surface area contributed by atoms with Gasteiger partial charge in [-0.1, -0.05) is 12.1 Å². The fraction of sp³-hybridized carbons (Fsp3) is 0.412. The van der Waals surface area contributed by atoms with Gasteiger partial charge in [-0.25, -0.2) is 4.79 Å². The second-order valence-electron chi connectivity index (χ2n) is 6.35. The third-order valence-electron chi connectivity index (χ3n) is 3.73. The van der Waals surface area contributed by atoms with Crippen molar-refractivity contribution in [2.45, 2.75) is 32.4 Å². The van der Waals surface area contributed by atoms with Crippen molar-refractivity contribution < 1.29 is 37.4 Å². The highest BCUT2D eigenvalue weighted by Crippen LogP contribution is 2.25. The number of ether oxygens (including phenoxy) is 2. The molecule has 4 amide bonds. The van der Waals surface area contributed by atoms with Crippen LogP contribution in [0.3, 0.4) is 0 Å². The zero-order valence-electron chi connectivity index (χ0n) is 15.2. The maximum Gasteiger partial charge on any atom is 0.387 e. The predicted octanol–water partition coefficient (Wildman–Crippen LogP) is 1.49. The van der Waals surface area contributed by atoms with Crippen LogP contribution in [0.15, 0.2) is 24.3 Å². The first-order valence-electron chi connectivity index (χ1n) is 8.23. The Bertz CT molecular complexity index is 784. The number of amides is 4. The van der Waals surface area contributed by atoms with Gasteiger partial charge in [-0.2, -0.15) is 8.78 Å². The van der Waals surface area contributed by atoms with E-state index in [1.165, 1.54) is 38.1 Å². The molecule has 1 aromatic rings. The monoisotopic (exact) mass is 399 g/mol. The molecule has 1 aliphatic heterocycles. The Morgan fingerprint density at radius 1 is 1.25 bits per heavy atom. The minimum Gasteiger partial charge on any atom is -0.456 e. The molecule has 1 aliphatic rings. The molecule has 0 atom stereocenters. The number of hydrogen-bond donors (Lipinski definition) is 2. The summed E-state index contributed by atoms with van der Waals surface area (Å²) in [5.74, 6) is -2.29. The number of hydrogen-bond acceptors (Lipinski definition) is 6. The summed E-state index contributed by atoms with van der Waals surface area (Å²) < 4.78 is 33.7. The number of para-hydroxylation sites is 2. The van der Waals surface area contributed by atoms with Crippen molar-refractivity contribution in [3.8, 4) is 5.75 Å². The van der Waals surface area contributed by atoms with E-state index >= 15 is 0 Å². The van der Waals surface area contributed by atoms with Crippen molar-refractivity contribution >= 4 is 29.5 Å². The zero-order valence-corrected chi connectivity index (χ0v) is 15.2. The molecule has 2 rings (SSSR count). The molecule has 0 aromatic heterocycles. The summed E-state index contributed by atoms with van der Waals surface area (Å²) >= 11 is 0. The first-order chi connectivity index (χ1) is 13.1. The molecule has 2 N–H and O–H groups in total. The fourth-order valence-corrected chi connectivity index (χ4v) is 2.40. The van der Waals surface area contributed by atoms with Gasteiger partial charge in [0, 0.05) is 6.54 Å². The smallest absolute Gasteiger partial charge is 0.387 e. The maximum absolute atomic E-state index is 12.3. The number of carbonyl (C=O) groups is 4. The number of imide groups is 1. The minimum absolute atomic E-state index is 0.00888. The van der Waals surface area contributed by atoms with Crippen LogP contribution in [-0.4, -0.2) is 54.0 Å². The minimum atomic E-state index is -3.06. The summed E-state index contributed by atoms with van der Waals surface area (Å²) in [6.07, 6.45) is -0.298. The molecule has 0 bridgehead atoms. The van der Waals surface area contributed by atoms with E-state index in [1.807, 2.05) is 0 Å². The van der Waals surface area contributed by atoms with E-state index in [2.05, 4.69) is 15.4 Å². The second-order valence-corrected chi connectivity index (χ2v) is 6.35. The van der Waals surface area contributed by atoms with Gasteiger partial charge < -0.3 is 20.1 Å². The van der Waals surface area contributed by atoms with Gasteiger partial charge in [-0.05, 0) is 26.0 Å². The maximum atomic E-state index is 12.3. The quantitative estimate of drug-likeness (QED) is 0.506. The van der Waals surface area contributed by atoms with Gasteiger partial charge in [0.2, 0.25) is 0 Å². The number of halogens is 2. The van der Waals surface area contributed by atoms with Gasteiger partial charge in [0.05, 0.1) is 12.1 Å². The first-order valence-corrected chi connectivity index (χ1v) is 8.23. The van der Waals surface area contributed by atoms with Gasteiger partial charge in [-0.3, -0.25) is 19.3 Å². The molecule has 152 valence electrons. The molecule has 0 saturated carbocycles. The van der Waals surface area contributed by atoms with Crippen LogP contribution in [0, 0.1) is 0 Å². The van der Waals surface area contributed by atoms with E-state index < -0.39 is 42.6 Å². The SMILES string of the molecule is CC1(C)NC(=O)N(CCC(=O)OCC(=O)Nc2ccccc2OC(F)F)C1=O. The predicted molar refractivity (Wildman–Crippen MR) is 91.6 cm³/mol. The Labute approximate surface area is 159 Å². The van der Waals surface area contributed by atoms with Crippen LogP contribution in [-0.2, 0) is 19.1 Å². The van der Waals surface area contributed by atoms with Crippen molar-refractivity contribution in [1.29, 1.82) is 0 Å². The lowest BCUT2D eigenvalue weighted by molar-refractivity contribution is -0.147. The second kappa shape index (κ2) is 8.63. The van der Waals surface area contributed by atoms with E-state index in [1.54, 1.807) is 0 Å². The molecule has 0 unspecified atom stereocenters. The van der Waals surface area contributed by atoms with Crippen molar-refractivity contribution in [2.75, 3.05) is 18.5 Å². The average Bonchev–Trinajstić information content (AvgIpc) is 2.80. The highest BCUT2D eigenvalue weighted by atomic mass is 19.3. The average molecular weight is 399 g/mol. The van der Waals surface area contributed by atoms with Crippen molar-refractivity contribution in [3.63, 3.8) is 0 Å². The highest BCUT2D eigenvalue weighted by Gasteiger charge is 2.44. The van der Waals surface area contributed by atoms with Crippen molar-refractivity contribution in [2.24, 2.45) is 0 Å². The molecular weight excluding hydrogens is 380 g/mol. The van der Waals surface area contributed by atoms with E-state index in [-0.39, 0.29) is 24.4 Å². The van der Waals surface area contributed by atoms with Crippen LogP contribution in [0.25, 0.3) is 0 Å². The number of carbonyl (C=O) groups excluding carboxylic acids is 4. The Balaban J connectivity index is 1.80. The Hall–Kier alpha value is -3.24. The molecule has 0 aliphatic carbocycles. The third kappa shape index (κ3) is 5.38. The molecule has 28 heavy (non-hydrogen) atoms. The summed E-state index contributed by atoms with van der Waals surface area (Å²) in [6, 6.07) is 4.92. The summed E-state index contributed by atoms with van der Waals surface area (Å²) in [5, 5.41) is 4.76. The van der Waals surface area contributed by atoms with Crippen LogP contribution in [0.1, 0.15) is 20.3 Å². The lowest BCUT2D eigenvalue weighted by Crippen LogP contribution is -2.40. The van der Waals surface area contributed by atoms with E-state index in [0.29, 0.717) is 0 Å². The largest absolute Gasteiger partial charge is 0.456 e. The Morgan fingerprint density at radius 3 is 2.54 bits per heavy atom. The number of rotatable bonds is 8. The van der Waals surface area contributed by atoms with Crippen molar-refractivity contribution in [1.82, 2.24) is 10.2 Å². The van der Waals surface area contributed by atoms with E-state index in [4.69, 9.17) is 4.74 Å². The van der Waals surface area contributed by atoms with Crippen molar-refractivity contribution in [3.05, 3.63) is 24.3 Å².